The molecule has 0 saturated carbocycles. The molecule has 9 nitrogen and oxygen atoms in total. The van der Waals surface area contributed by atoms with Gasteiger partial charge in [-0.05, 0) is 76.3 Å². The van der Waals surface area contributed by atoms with Gasteiger partial charge < -0.3 is 26.0 Å². The average molecular weight is 619 g/mol. The summed E-state index contributed by atoms with van der Waals surface area (Å²) in [6.07, 6.45) is 10.4. The van der Waals surface area contributed by atoms with E-state index in [9.17, 15) is 19.2 Å². The molecule has 2 aromatic carbocycles. The number of primary amides is 1. The van der Waals surface area contributed by atoms with E-state index < -0.39 is 41.5 Å². The summed E-state index contributed by atoms with van der Waals surface area (Å²) >= 11 is 0. The van der Waals surface area contributed by atoms with Crippen LogP contribution in [0.4, 0.5) is 10.5 Å². The minimum atomic E-state index is -1.16. The van der Waals surface area contributed by atoms with E-state index >= 15 is 0 Å². The van der Waals surface area contributed by atoms with Gasteiger partial charge in [0.15, 0.2) is 0 Å². The first-order valence-corrected chi connectivity index (χ1v) is 15.8. The maximum absolute atomic E-state index is 14.4. The molecule has 45 heavy (non-hydrogen) atoms. The summed E-state index contributed by atoms with van der Waals surface area (Å²) in [4.78, 5) is 54.8. The van der Waals surface area contributed by atoms with Gasteiger partial charge in [-0.15, -0.1) is 6.42 Å². The summed E-state index contributed by atoms with van der Waals surface area (Å²) in [5, 5.41) is 5.70. The van der Waals surface area contributed by atoms with Gasteiger partial charge in [-0.3, -0.25) is 14.4 Å². The Morgan fingerprint density at radius 1 is 0.956 bits per heavy atom. The number of nitrogens with two attached hydrogens (primary N) is 1. The molecule has 0 spiro atoms. The average Bonchev–Trinajstić information content (AvgIpc) is 2.97. The summed E-state index contributed by atoms with van der Waals surface area (Å²) in [6.45, 7) is 11.3. The van der Waals surface area contributed by atoms with Crippen LogP contribution in [-0.4, -0.2) is 46.9 Å². The zero-order valence-electron chi connectivity index (χ0n) is 27.7. The number of rotatable bonds is 16. The number of hydrogen-bond donors (Lipinski definition) is 3. The first-order chi connectivity index (χ1) is 21.3. The number of benzene rings is 2. The van der Waals surface area contributed by atoms with Crippen molar-refractivity contribution in [3.63, 3.8) is 0 Å². The molecule has 244 valence electrons. The van der Waals surface area contributed by atoms with Gasteiger partial charge in [-0.2, -0.15) is 0 Å². The fraction of sp³-hybridized carbons (Fsp3) is 0.500. The zero-order chi connectivity index (χ0) is 33.6. The standard InChI is InChI=1S/C36H50N4O5/c1-8-10-11-12-13-14-24-40(34(43)29(22-23-30(37)41)38-35(44)45-36(5,6)7)32(28-20-18-27(9-2)19-21-28)33(42)39-31-25(3)16-15-17-26(31)4/h2,15-21,29,32H,8,10-14,22-24H2,1,3-7H3,(H2,37,41)(H,38,44)(H,39,42). The van der Waals surface area contributed by atoms with Crippen LogP contribution < -0.4 is 16.4 Å². The number of terminal acetylenes is 1. The van der Waals surface area contributed by atoms with Gasteiger partial charge in [-0.25, -0.2) is 4.79 Å². The third-order valence-corrected chi connectivity index (χ3v) is 7.39. The van der Waals surface area contributed by atoms with Crippen molar-refractivity contribution in [2.75, 3.05) is 11.9 Å². The van der Waals surface area contributed by atoms with E-state index in [-0.39, 0.29) is 19.4 Å². The highest BCUT2D eigenvalue weighted by Crippen LogP contribution is 2.28. The largest absolute Gasteiger partial charge is 0.444 e. The normalized spacial score (nSPS) is 12.4. The minimum Gasteiger partial charge on any atom is -0.444 e. The molecule has 4 N–H and O–H groups in total. The number of carbonyl (C=O) groups is 4. The van der Waals surface area contributed by atoms with Crippen molar-refractivity contribution in [2.24, 2.45) is 5.73 Å². The molecular formula is C36H50N4O5. The lowest BCUT2D eigenvalue weighted by Gasteiger charge is -2.35. The maximum Gasteiger partial charge on any atom is 0.408 e. The second-order valence-corrected chi connectivity index (χ2v) is 12.4. The van der Waals surface area contributed by atoms with Crippen LogP contribution in [0.1, 0.15) is 107 Å². The molecule has 2 rings (SSSR count). The lowest BCUT2D eigenvalue weighted by molar-refractivity contribution is -0.141. The summed E-state index contributed by atoms with van der Waals surface area (Å²) in [5.74, 6) is 1.05. The van der Waals surface area contributed by atoms with Crippen molar-refractivity contribution in [3.8, 4) is 12.3 Å². The molecule has 0 fully saturated rings. The fourth-order valence-corrected chi connectivity index (χ4v) is 5.06. The van der Waals surface area contributed by atoms with E-state index in [0.717, 1.165) is 43.2 Å². The van der Waals surface area contributed by atoms with Gasteiger partial charge in [-0.1, -0.05) is 75.3 Å². The Morgan fingerprint density at radius 2 is 1.56 bits per heavy atom. The smallest absolute Gasteiger partial charge is 0.408 e. The van der Waals surface area contributed by atoms with E-state index in [0.29, 0.717) is 23.2 Å². The van der Waals surface area contributed by atoms with Crippen molar-refractivity contribution >= 4 is 29.5 Å². The van der Waals surface area contributed by atoms with Crippen molar-refractivity contribution in [2.45, 2.75) is 111 Å². The molecule has 4 amide bonds. The number of alkyl carbamates (subject to hydrolysis) is 1. The predicted molar refractivity (Wildman–Crippen MR) is 178 cm³/mol. The second-order valence-electron chi connectivity index (χ2n) is 12.4. The summed E-state index contributed by atoms with van der Waals surface area (Å²) < 4.78 is 5.43. The Labute approximate surface area is 268 Å². The van der Waals surface area contributed by atoms with Crippen LogP contribution in [-0.2, 0) is 19.1 Å². The van der Waals surface area contributed by atoms with Gasteiger partial charge in [0, 0.05) is 24.2 Å². The lowest BCUT2D eigenvalue weighted by Crippen LogP contribution is -2.53. The molecule has 0 radical (unpaired) electrons. The van der Waals surface area contributed by atoms with Gasteiger partial charge in [0.2, 0.25) is 11.8 Å². The van der Waals surface area contributed by atoms with Crippen molar-refractivity contribution < 1.29 is 23.9 Å². The number of ether oxygens (including phenoxy) is 1. The molecule has 2 atom stereocenters. The molecular weight excluding hydrogens is 568 g/mol. The minimum absolute atomic E-state index is 0.0539. The van der Waals surface area contributed by atoms with Gasteiger partial charge >= 0.3 is 6.09 Å². The van der Waals surface area contributed by atoms with Crippen molar-refractivity contribution in [3.05, 3.63) is 64.7 Å². The van der Waals surface area contributed by atoms with Crippen molar-refractivity contribution in [1.29, 1.82) is 0 Å². The number of aryl methyl sites for hydroxylation is 2. The quantitative estimate of drug-likeness (QED) is 0.150. The van der Waals surface area contributed by atoms with E-state index in [2.05, 4.69) is 23.5 Å². The SMILES string of the molecule is C#Cc1ccc(C(C(=O)Nc2c(C)cccc2C)N(CCCCCCCC)C(=O)C(CCC(N)=O)NC(=O)OC(C)(C)C)cc1. The second kappa shape index (κ2) is 17.8. The van der Waals surface area contributed by atoms with Crippen LogP contribution in [0.2, 0.25) is 0 Å². The third-order valence-electron chi connectivity index (χ3n) is 7.39. The monoisotopic (exact) mass is 618 g/mol. The van der Waals surface area contributed by atoms with E-state index in [1.54, 1.807) is 45.0 Å². The summed E-state index contributed by atoms with van der Waals surface area (Å²) in [7, 11) is 0. The van der Waals surface area contributed by atoms with Crippen LogP contribution >= 0.6 is 0 Å². The Hall–Kier alpha value is -4.32. The van der Waals surface area contributed by atoms with Crippen LogP contribution in [0.3, 0.4) is 0 Å². The Morgan fingerprint density at radius 3 is 2.11 bits per heavy atom. The van der Waals surface area contributed by atoms with Gasteiger partial charge in [0.05, 0.1) is 0 Å². The molecule has 0 bridgehead atoms. The van der Waals surface area contributed by atoms with Gasteiger partial charge in [0.1, 0.15) is 17.7 Å². The van der Waals surface area contributed by atoms with Crippen LogP contribution in [0, 0.1) is 26.2 Å². The lowest BCUT2D eigenvalue weighted by atomic mass is 9.99. The number of unbranched alkanes of at least 4 members (excludes halogenated alkanes) is 5. The first-order valence-electron chi connectivity index (χ1n) is 15.8. The molecule has 0 aliphatic carbocycles. The highest BCUT2D eigenvalue weighted by atomic mass is 16.6. The summed E-state index contributed by atoms with van der Waals surface area (Å²) in [5.41, 5.74) is 8.24. The fourth-order valence-electron chi connectivity index (χ4n) is 5.06. The van der Waals surface area contributed by atoms with Crippen LogP contribution in [0.25, 0.3) is 0 Å². The highest BCUT2D eigenvalue weighted by molar-refractivity contribution is 6.00. The molecule has 0 aromatic heterocycles. The van der Waals surface area contributed by atoms with Crippen molar-refractivity contribution in [1.82, 2.24) is 10.2 Å². The Kier molecular flexibility index (Phi) is 14.6. The van der Waals surface area contributed by atoms with E-state index in [1.807, 2.05) is 32.0 Å². The van der Waals surface area contributed by atoms with E-state index in [4.69, 9.17) is 16.9 Å². The van der Waals surface area contributed by atoms with Crippen LogP contribution in [0.5, 0.6) is 0 Å². The third kappa shape index (κ3) is 12.3. The Bertz CT molecular complexity index is 1320. The van der Waals surface area contributed by atoms with Gasteiger partial charge in [0.25, 0.3) is 5.91 Å². The molecule has 0 aliphatic heterocycles. The highest BCUT2D eigenvalue weighted by Gasteiger charge is 2.36. The topological polar surface area (TPSA) is 131 Å². The van der Waals surface area contributed by atoms with E-state index in [1.165, 1.54) is 4.90 Å². The number of anilines is 1. The number of nitrogens with zero attached hydrogens (tertiary/aromatic N) is 1. The predicted octanol–water partition coefficient (Wildman–Crippen LogP) is 6.31. The number of amides is 4. The molecule has 2 unspecified atom stereocenters. The number of carbonyl (C=O) groups excluding carboxylic acids is 4. The number of nitrogens with one attached hydrogen (secondary N) is 2. The molecule has 0 heterocycles. The number of para-hydroxylation sites is 1. The maximum atomic E-state index is 14.4. The number of hydrogen-bond acceptors (Lipinski definition) is 5. The Balaban J connectivity index is 2.59. The first kappa shape index (κ1) is 36.9. The molecule has 0 aliphatic rings. The molecule has 2 aromatic rings. The summed E-state index contributed by atoms with van der Waals surface area (Å²) in [6, 6.07) is 10.4. The molecule has 0 saturated heterocycles. The molecule has 9 heteroatoms. The zero-order valence-corrected chi connectivity index (χ0v) is 27.7. The van der Waals surface area contributed by atoms with Crippen LogP contribution in [0.15, 0.2) is 42.5 Å².